The molecular weight excluding hydrogens is 356 g/mol. The maximum atomic E-state index is 12.7. The van der Waals surface area contributed by atoms with Crippen molar-refractivity contribution in [3.8, 4) is 11.5 Å². The Morgan fingerprint density at radius 1 is 1.04 bits per heavy atom. The third-order valence-electron chi connectivity index (χ3n) is 4.19. The summed E-state index contributed by atoms with van der Waals surface area (Å²) in [5.74, 6) is 1.14. The van der Waals surface area contributed by atoms with E-state index in [1.807, 2.05) is 37.3 Å². The predicted octanol–water partition coefficient (Wildman–Crippen LogP) is 3.92. The number of benzene rings is 2. The SMILES string of the molecule is COc1ccc(OC)c(NC(=O)c2ccnc(NC(C)c3ccccc3)n2)c1. The molecule has 0 radical (unpaired) electrons. The molecule has 0 aliphatic rings. The van der Waals surface area contributed by atoms with E-state index in [2.05, 4.69) is 20.6 Å². The molecule has 7 nitrogen and oxygen atoms in total. The monoisotopic (exact) mass is 378 g/mol. The largest absolute Gasteiger partial charge is 0.497 e. The minimum Gasteiger partial charge on any atom is -0.497 e. The summed E-state index contributed by atoms with van der Waals surface area (Å²) in [6, 6.07) is 16.7. The Labute approximate surface area is 163 Å². The van der Waals surface area contributed by atoms with Crippen LogP contribution in [0.4, 0.5) is 11.6 Å². The van der Waals surface area contributed by atoms with Gasteiger partial charge in [-0.05, 0) is 30.7 Å². The Kier molecular flexibility index (Phi) is 6.06. The lowest BCUT2D eigenvalue weighted by Crippen LogP contribution is -2.16. The Hall–Kier alpha value is -3.61. The van der Waals surface area contributed by atoms with Crippen LogP contribution in [0.1, 0.15) is 29.0 Å². The number of anilines is 2. The Morgan fingerprint density at radius 2 is 1.82 bits per heavy atom. The number of nitrogens with zero attached hydrogens (tertiary/aromatic N) is 2. The van der Waals surface area contributed by atoms with E-state index < -0.39 is 0 Å². The van der Waals surface area contributed by atoms with E-state index in [0.29, 0.717) is 23.1 Å². The maximum absolute atomic E-state index is 12.7. The van der Waals surface area contributed by atoms with E-state index >= 15 is 0 Å². The second kappa shape index (κ2) is 8.85. The van der Waals surface area contributed by atoms with Gasteiger partial charge in [-0.15, -0.1) is 0 Å². The van der Waals surface area contributed by atoms with Crippen molar-refractivity contribution in [1.82, 2.24) is 9.97 Å². The highest BCUT2D eigenvalue weighted by atomic mass is 16.5. The normalized spacial score (nSPS) is 11.4. The molecule has 3 rings (SSSR count). The molecule has 0 bridgehead atoms. The molecule has 1 amide bonds. The molecule has 3 aromatic rings. The van der Waals surface area contributed by atoms with Gasteiger partial charge in [0, 0.05) is 12.3 Å². The number of amides is 1. The molecule has 7 heteroatoms. The lowest BCUT2D eigenvalue weighted by Gasteiger charge is -2.15. The molecule has 28 heavy (non-hydrogen) atoms. The molecule has 0 saturated heterocycles. The quantitative estimate of drug-likeness (QED) is 0.648. The molecule has 1 aromatic heterocycles. The fourth-order valence-electron chi connectivity index (χ4n) is 2.67. The summed E-state index contributed by atoms with van der Waals surface area (Å²) in [5.41, 5.74) is 1.84. The first-order chi connectivity index (χ1) is 13.6. The molecule has 2 N–H and O–H groups in total. The maximum Gasteiger partial charge on any atom is 0.274 e. The Balaban J connectivity index is 1.76. The average molecular weight is 378 g/mol. The fourth-order valence-corrected chi connectivity index (χ4v) is 2.67. The molecule has 0 fully saturated rings. The Bertz CT molecular complexity index is 947. The third kappa shape index (κ3) is 4.56. The zero-order chi connectivity index (χ0) is 19.9. The van der Waals surface area contributed by atoms with E-state index in [9.17, 15) is 4.79 Å². The first-order valence-electron chi connectivity index (χ1n) is 8.78. The molecule has 0 aliphatic carbocycles. The number of carbonyl (C=O) groups is 1. The van der Waals surface area contributed by atoms with Gasteiger partial charge in [0.2, 0.25) is 5.95 Å². The van der Waals surface area contributed by atoms with E-state index in [4.69, 9.17) is 9.47 Å². The van der Waals surface area contributed by atoms with Crippen molar-refractivity contribution < 1.29 is 14.3 Å². The van der Waals surface area contributed by atoms with Crippen LogP contribution in [0.25, 0.3) is 0 Å². The van der Waals surface area contributed by atoms with Crippen LogP contribution in [0.15, 0.2) is 60.8 Å². The van der Waals surface area contributed by atoms with Crippen LogP contribution in [0.5, 0.6) is 11.5 Å². The number of methoxy groups -OCH3 is 2. The highest BCUT2D eigenvalue weighted by Gasteiger charge is 2.14. The lowest BCUT2D eigenvalue weighted by molar-refractivity contribution is 0.102. The zero-order valence-electron chi connectivity index (χ0n) is 16.0. The molecule has 144 valence electrons. The second-order valence-corrected chi connectivity index (χ2v) is 6.06. The minimum atomic E-state index is -0.371. The van der Waals surface area contributed by atoms with Crippen molar-refractivity contribution in [3.05, 3.63) is 72.1 Å². The van der Waals surface area contributed by atoms with Gasteiger partial charge in [-0.1, -0.05) is 30.3 Å². The first kappa shape index (κ1) is 19.2. The van der Waals surface area contributed by atoms with Crippen LogP contribution in [-0.4, -0.2) is 30.1 Å². The van der Waals surface area contributed by atoms with Crippen LogP contribution in [0, 0.1) is 0 Å². The fraction of sp³-hybridized carbons (Fsp3) is 0.190. The molecule has 1 heterocycles. The topological polar surface area (TPSA) is 85.4 Å². The van der Waals surface area contributed by atoms with Gasteiger partial charge in [0.25, 0.3) is 5.91 Å². The molecule has 1 atom stereocenters. The minimum absolute atomic E-state index is 0.00186. The smallest absolute Gasteiger partial charge is 0.274 e. The number of hydrogen-bond acceptors (Lipinski definition) is 6. The molecule has 0 aliphatic heterocycles. The summed E-state index contributed by atoms with van der Waals surface area (Å²) >= 11 is 0. The van der Waals surface area contributed by atoms with E-state index in [0.717, 1.165) is 5.56 Å². The van der Waals surface area contributed by atoms with Crippen molar-refractivity contribution >= 4 is 17.5 Å². The van der Waals surface area contributed by atoms with Gasteiger partial charge in [-0.25, -0.2) is 9.97 Å². The van der Waals surface area contributed by atoms with Gasteiger partial charge in [0.15, 0.2) is 0 Å². The van der Waals surface area contributed by atoms with E-state index in [-0.39, 0.29) is 17.6 Å². The number of nitrogens with one attached hydrogen (secondary N) is 2. The van der Waals surface area contributed by atoms with Crippen LogP contribution in [-0.2, 0) is 0 Å². The van der Waals surface area contributed by atoms with Crippen molar-refractivity contribution in [2.24, 2.45) is 0 Å². The first-order valence-corrected chi connectivity index (χ1v) is 8.78. The van der Waals surface area contributed by atoms with Gasteiger partial charge < -0.3 is 20.1 Å². The van der Waals surface area contributed by atoms with Gasteiger partial charge in [0.05, 0.1) is 25.9 Å². The molecule has 1 unspecified atom stereocenters. The summed E-state index contributed by atoms with van der Waals surface area (Å²) in [4.78, 5) is 21.2. The van der Waals surface area contributed by atoms with Gasteiger partial charge in [-0.2, -0.15) is 0 Å². The number of aromatic nitrogens is 2. The number of hydrogen-bond donors (Lipinski definition) is 2. The number of carbonyl (C=O) groups excluding carboxylic acids is 1. The third-order valence-corrected chi connectivity index (χ3v) is 4.19. The number of ether oxygens (including phenoxy) is 2. The summed E-state index contributed by atoms with van der Waals surface area (Å²) in [6.45, 7) is 2.01. The van der Waals surface area contributed by atoms with Crippen molar-refractivity contribution in [2.75, 3.05) is 24.9 Å². The molecule has 0 spiro atoms. The standard InChI is InChI=1S/C21H22N4O3/c1-14(15-7-5-4-6-8-15)23-21-22-12-11-17(25-21)20(26)24-18-13-16(27-2)9-10-19(18)28-3/h4-14H,1-3H3,(H,24,26)(H,22,23,25). The molecule has 2 aromatic carbocycles. The van der Waals surface area contributed by atoms with Gasteiger partial charge in [0.1, 0.15) is 17.2 Å². The summed E-state index contributed by atoms with van der Waals surface area (Å²) in [5, 5.41) is 6.01. The zero-order valence-corrected chi connectivity index (χ0v) is 16.0. The van der Waals surface area contributed by atoms with Crippen LogP contribution >= 0.6 is 0 Å². The van der Waals surface area contributed by atoms with E-state index in [1.54, 1.807) is 37.6 Å². The van der Waals surface area contributed by atoms with Crippen LogP contribution in [0.2, 0.25) is 0 Å². The van der Waals surface area contributed by atoms with E-state index in [1.165, 1.54) is 7.11 Å². The van der Waals surface area contributed by atoms with Crippen LogP contribution < -0.4 is 20.1 Å². The number of rotatable bonds is 7. The van der Waals surface area contributed by atoms with Crippen molar-refractivity contribution in [3.63, 3.8) is 0 Å². The van der Waals surface area contributed by atoms with Gasteiger partial charge in [-0.3, -0.25) is 4.79 Å². The predicted molar refractivity (Wildman–Crippen MR) is 108 cm³/mol. The average Bonchev–Trinajstić information content (AvgIpc) is 2.74. The van der Waals surface area contributed by atoms with Crippen molar-refractivity contribution in [2.45, 2.75) is 13.0 Å². The highest BCUT2D eigenvalue weighted by Crippen LogP contribution is 2.29. The summed E-state index contributed by atoms with van der Waals surface area (Å²) in [7, 11) is 3.10. The summed E-state index contributed by atoms with van der Waals surface area (Å²) in [6.07, 6.45) is 1.55. The molecular formula is C21H22N4O3. The lowest BCUT2D eigenvalue weighted by atomic mass is 10.1. The molecule has 0 saturated carbocycles. The highest BCUT2D eigenvalue weighted by molar-refractivity contribution is 6.03. The van der Waals surface area contributed by atoms with Gasteiger partial charge >= 0.3 is 0 Å². The van der Waals surface area contributed by atoms with Crippen LogP contribution in [0.3, 0.4) is 0 Å². The Morgan fingerprint density at radius 3 is 2.54 bits per heavy atom. The second-order valence-electron chi connectivity index (χ2n) is 6.06. The summed E-state index contributed by atoms with van der Waals surface area (Å²) < 4.78 is 10.5. The van der Waals surface area contributed by atoms with Crippen molar-refractivity contribution in [1.29, 1.82) is 0 Å².